The van der Waals surface area contributed by atoms with Gasteiger partial charge < -0.3 is 0 Å². The topological polar surface area (TPSA) is 25.8 Å². The maximum atomic E-state index is 13.3. The molecular weight excluding hydrogens is 203 g/mol. The molecule has 0 aliphatic carbocycles. The van der Waals surface area contributed by atoms with Crippen molar-refractivity contribution in [1.82, 2.24) is 9.97 Å². The highest BCUT2D eigenvalue weighted by Gasteiger charge is 2.05. The normalized spacial score (nSPS) is 10.1. The molecule has 1 aromatic carbocycles. The number of aromatic nitrogens is 2. The predicted octanol–water partition coefficient (Wildman–Crippen LogP) is 2.94. The first-order valence-electron chi connectivity index (χ1n) is 4.00. The van der Waals surface area contributed by atoms with E-state index >= 15 is 0 Å². The van der Waals surface area contributed by atoms with E-state index in [1.807, 2.05) is 0 Å². The van der Waals surface area contributed by atoms with Crippen LogP contribution in [0.3, 0.4) is 0 Å². The Hall–Kier alpha value is -1.48. The molecule has 0 saturated carbocycles. The number of nitrogens with zero attached hydrogens (tertiary/aromatic N) is 2. The second kappa shape index (κ2) is 3.72. The quantitative estimate of drug-likeness (QED) is 0.720. The zero-order valence-corrected chi connectivity index (χ0v) is 7.87. The first kappa shape index (κ1) is 9.09. The molecule has 0 bridgehead atoms. The van der Waals surface area contributed by atoms with Gasteiger partial charge in [0.25, 0.3) is 0 Å². The van der Waals surface area contributed by atoms with Gasteiger partial charge in [-0.15, -0.1) is 0 Å². The second-order valence-corrected chi connectivity index (χ2v) is 3.09. The van der Waals surface area contributed by atoms with Crippen molar-refractivity contribution >= 4 is 11.6 Å². The summed E-state index contributed by atoms with van der Waals surface area (Å²) in [7, 11) is 0. The van der Waals surface area contributed by atoms with Gasteiger partial charge in [-0.25, -0.2) is 9.37 Å². The molecule has 14 heavy (non-hydrogen) atoms. The molecule has 0 aliphatic heterocycles. The lowest BCUT2D eigenvalue weighted by Gasteiger charge is -2.01. The van der Waals surface area contributed by atoms with Crippen molar-refractivity contribution in [3.8, 4) is 11.3 Å². The number of hydrogen-bond donors (Lipinski definition) is 0. The number of hydrogen-bond acceptors (Lipinski definition) is 2. The Morgan fingerprint density at radius 2 is 1.93 bits per heavy atom. The number of halogens is 2. The molecule has 0 atom stereocenters. The van der Waals surface area contributed by atoms with Crippen LogP contribution in [0.2, 0.25) is 5.15 Å². The highest BCUT2D eigenvalue weighted by molar-refractivity contribution is 6.29. The van der Waals surface area contributed by atoms with Crippen LogP contribution >= 0.6 is 11.6 Å². The minimum Gasteiger partial charge on any atom is -0.259 e. The van der Waals surface area contributed by atoms with Gasteiger partial charge in [0.05, 0.1) is 18.1 Å². The highest BCUT2D eigenvalue weighted by Crippen LogP contribution is 2.20. The van der Waals surface area contributed by atoms with E-state index in [4.69, 9.17) is 11.6 Å². The van der Waals surface area contributed by atoms with E-state index in [0.29, 0.717) is 11.3 Å². The molecule has 0 spiro atoms. The van der Waals surface area contributed by atoms with Crippen molar-refractivity contribution in [2.75, 3.05) is 0 Å². The van der Waals surface area contributed by atoms with Gasteiger partial charge in [-0.1, -0.05) is 23.7 Å². The maximum absolute atomic E-state index is 13.3. The van der Waals surface area contributed by atoms with Crippen molar-refractivity contribution in [3.63, 3.8) is 0 Å². The van der Waals surface area contributed by atoms with Crippen LogP contribution in [0, 0.1) is 5.82 Å². The van der Waals surface area contributed by atoms with Crippen LogP contribution in [0.4, 0.5) is 4.39 Å². The summed E-state index contributed by atoms with van der Waals surface area (Å²) in [6.07, 6.45) is 2.89. The van der Waals surface area contributed by atoms with Crippen molar-refractivity contribution in [2.45, 2.75) is 0 Å². The molecule has 0 amide bonds. The Balaban J connectivity index is 2.55. The Morgan fingerprint density at radius 1 is 1.14 bits per heavy atom. The fraction of sp³-hybridized carbons (Fsp3) is 0. The third kappa shape index (κ3) is 1.72. The Labute approximate surface area is 85.4 Å². The number of benzene rings is 1. The lowest BCUT2D eigenvalue weighted by atomic mass is 10.1. The lowest BCUT2D eigenvalue weighted by Crippen LogP contribution is -1.88. The molecule has 2 nitrogen and oxygen atoms in total. The molecule has 2 aromatic rings. The van der Waals surface area contributed by atoms with E-state index in [9.17, 15) is 4.39 Å². The largest absolute Gasteiger partial charge is 0.259 e. The third-order valence-electron chi connectivity index (χ3n) is 1.75. The second-order valence-electron chi connectivity index (χ2n) is 2.71. The highest BCUT2D eigenvalue weighted by atomic mass is 35.5. The van der Waals surface area contributed by atoms with Crippen LogP contribution in [-0.4, -0.2) is 9.97 Å². The molecular formula is C10H6ClFN2. The van der Waals surface area contributed by atoms with Crippen LogP contribution in [-0.2, 0) is 0 Å². The van der Waals surface area contributed by atoms with E-state index < -0.39 is 0 Å². The Bertz CT molecular complexity index is 459. The summed E-state index contributed by atoms with van der Waals surface area (Å²) >= 11 is 5.65. The zero-order valence-electron chi connectivity index (χ0n) is 7.11. The van der Waals surface area contributed by atoms with Crippen molar-refractivity contribution < 1.29 is 4.39 Å². The summed E-state index contributed by atoms with van der Waals surface area (Å²) in [4.78, 5) is 7.81. The van der Waals surface area contributed by atoms with Gasteiger partial charge in [-0.05, 0) is 12.1 Å². The average Bonchev–Trinajstić information content (AvgIpc) is 2.18. The van der Waals surface area contributed by atoms with E-state index in [0.717, 1.165) is 0 Å². The van der Waals surface area contributed by atoms with E-state index in [2.05, 4.69) is 9.97 Å². The minimum atomic E-state index is -0.330. The van der Waals surface area contributed by atoms with Gasteiger partial charge in [0, 0.05) is 5.56 Å². The Kier molecular flexibility index (Phi) is 2.41. The molecule has 0 N–H and O–H groups in total. The SMILES string of the molecule is Fc1ccccc1-c1cncc(Cl)n1. The molecule has 1 heterocycles. The molecule has 0 aliphatic rings. The summed E-state index contributed by atoms with van der Waals surface area (Å²) < 4.78 is 13.3. The van der Waals surface area contributed by atoms with Crippen molar-refractivity contribution in [1.29, 1.82) is 0 Å². The predicted molar refractivity (Wildman–Crippen MR) is 52.4 cm³/mol. The molecule has 1 aromatic heterocycles. The molecule has 0 fully saturated rings. The van der Waals surface area contributed by atoms with Gasteiger partial charge in [0.2, 0.25) is 0 Å². The average molecular weight is 209 g/mol. The van der Waals surface area contributed by atoms with Gasteiger partial charge in [-0.3, -0.25) is 4.98 Å². The van der Waals surface area contributed by atoms with Gasteiger partial charge in [0.15, 0.2) is 0 Å². The van der Waals surface area contributed by atoms with E-state index in [-0.39, 0.29) is 11.0 Å². The summed E-state index contributed by atoms with van der Waals surface area (Å²) in [5.41, 5.74) is 0.845. The summed E-state index contributed by atoms with van der Waals surface area (Å²) in [6.45, 7) is 0. The zero-order chi connectivity index (χ0) is 9.97. The smallest absolute Gasteiger partial charge is 0.148 e. The lowest BCUT2D eigenvalue weighted by molar-refractivity contribution is 0.630. The van der Waals surface area contributed by atoms with Crippen LogP contribution in [0.15, 0.2) is 36.7 Å². The van der Waals surface area contributed by atoms with Crippen LogP contribution in [0.1, 0.15) is 0 Å². The summed E-state index contributed by atoms with van der Waals surface area (Å²) in [5, 5.41) is 0.255. The van der Waals surface area contributed by atoms with E-state index in [1.165, 1.54) is 18.5 Å². The van der Waals surface area contributed by atoms with Crippen LogP contribution in [0.5, 0.6) is 0 Å². The Morgan fingerprint density at radius 3 is 2.64 bits per heavy atom. The molecule has 0 unspecified atom stereocenters. The standard InChI is InChI=1S/C10H6ClFN2/c11-10-6-13-5-9(14-10)7-3-1-2-4-8(7)12/h1-6H. The molecule has 2 rings (SSSR count). The van der Waals surface area contributed by atoms with Crippen LogP contribution in [0.25, 0.3) is 11.3 Å². The summed E-state index contributed by atoms with van der Waals surface area (Å²) in [6, 6.07) is 6.37. The minimum absolute atomic E-state index is 0.255. The maximum Gasteiger partial charge on any atom is 0.148 e. The van der Waals surface area contributed by atoms with Gasteiger partial charge in [-0.2, -0.15) is 0 Å². The van der Waals surface area contributed by atoms with Crippen molar-refractivity contribution in [2.24, 2.45) is 0 Å². The fourth-order valence-electron chi connectivity index (χ4n) is 1.14. The molecule has 0 radical (unpaired) electrons. The monoisotopic (exact) mass is 208 g/mol. The van der Waals surface area contributed by atoms with E-state index in [1.54, 1.807) is 18.2 Å². The van der Waals surface area contributed by atoms with Crippen molar-refractivity contribution in [3.05, 3.63) is 47.6 Å². The summed E-state index contributed by atoms with van der Waals surface area (Å²) in [5.74, 6) is -0.330. The fourth-order valence-corrected chi connectivity index (χ4v) is 1.29. The first-order chi connectivity index (χ1) is 6.77. The molecule has 4 heteroatoms. The number of rotatable bonds is 1. The first-order valence-corrected chi connectivity index (χ1v) is 4.37. The van der Waals surface area contributed by atoms with Gasteiger partial charge in [0.1, 0.15) is 11.0 Å². The third-order valence-corrected chi connectivity index (χ3v) is 1.94. The molecule has 70 valence electrons. The van der Waals surface area contributed by atoms with Crippen LogP contribution < -0.4 is 0 Å². The van der Waals surface area contributed by atoms with Gasteiger partial charge >= 0.3 is 0 Å². The molecule has 0 saturated heterocycles.